The van der Waals surface area contributed by atoms with Crippen LogP contribution in [0, 0.1) is 0 Å². The highest BCUT2D eigenvalue weighted by molar-refractivity contribution is 9.10. The second-order valence-electron chi connectivity index (χ2n) is 7.51. The molecule has 1 fully saturated rings. The van der Waals surface area contributed by atoms with Crippen molar-refractivity contribution < 1.29 is 28.6 Å². The van der Waals surface area contributed by atoms with Crippen LogP contribution in [0.3, 0.4) is 0 Å². The minimum atomic E-state index is -0.882. The zero-order valence-electron chi connectivity index (χ0n) is 19.2. The van der Waals surface area contributed by atoms with E-state index in [0.29, 0.717) is 40.4 Å². The minimum absolute atomic E-state index is 0.0604. The standard InChI is InChI=1S/C24H27BrN4O6/c1-2-33-20-12-16(13-27-29-24(32)23(31)26-14-18-9-6-10-34-18)11-19(25)22(20)35-15-21(30)28-17-7-4-3-5-8-17/h3-5,7-8,11-13,18H,2,6,9-10,14-15H2,1H3,(H,26,31)(H,28,30)(H,29,32)/b27-13-/t18-/m1/s1. The molecule has 0 saturated carbocycles. The van der Waals surface area contributed by atoms with Crippen molar-refractivity contribution in [1.29, 1.82) is 0 Å². The topological polar surface area (TPSA) is 127 Å². The number of benzene rings is 2. The third-order valence-electron chi connectivity index (χ3n) is 4.84. The van der Waals surface area contributed by atoms with E-state index >= 15 is 0 Å². The number of hydrazone groups is 1. The van der Waals surface area contributed by atoms with Gasteiger partial charge in [0.25, 0.3) is 5.91 Å². The van der Waals surface area contributed by atoms with Gasteiger partial charge in [-0.3, -0.25) is 14.4 Å². The molecular formula is C24H27BrN4O6. The van der Waals surface area contributed by atoms with Gasteiger partial charge < -0.3 is 24.8 Å². The Morgan fingerprint density at radius 1 is 1.17 bits per heavy atom. The lowest BCUT2D eigenvalue weighted by molar-refractivity contribution is -0.139. The molecule has 0 radical (unpaired) electrons. The van der Waals surface area contributed by atoms with Crippen LogP contribution in [0.25, 0.3) is 0 Å². The molecule has 11 heteroatoms. The van der Waals surface area contributed by atoms with Gasteiger partial charge in [0.2, 0.25) is 0 Å². The number of amides is 3. The maximum atomic E-state index is 12.2. The lowest BCUT2D eigenvalue weighted by Gasteiger charge is -2.14. The predicted octanol–water partition coefficient (Wildman–Crippen LogP) is 2.61. The monoisotopic (exact) mass is 546 g/mol. The molecule has 2 aromatic rings. The van der Waals surface area contributed by atoms with Gasteiger partial charge in [-0.15, -0.1) is 0 Å². The summed E-state index contributed by atoms with van der Waals surface area (Å²) in [5.41, 5.74) is 3.43. The Morgan fingerprint density at radius 3 is 2.69 bits per heavy atom. The first-order valence-electron chi connectivity index (χ1n) is 11.1. The highest BCUT2D eigenvalue weighted by Crippen LogP contribution is 2.36. The number of para-hydroxylation sites is 1. The largest absolute Gasteiger partial charge is 0.490 e. The molecule has 0 aliphatic carbocycles. The molecular weight excluding hydrogens is 520 g/mol. The van der Waals surface area contributed by atoms with Crippen molar-refractivity contribution in [3.05, 3.63) is 52.5 Å². The number of halogens is 1. The van der Waals surface area contributed by atoms with Crippen LogP contribution in [0.15, 0.2) is 52.0 Å². The Morgan fingerprint density at radius 2 is 1.97 bits per heavy atom. The third kappa shape index (κ3) is 8.37. The Labute approximate surface area is 211 Å². The van der Waals surface area contributed by atoms with E-state index < -0.39 is 11.8 Å². The third-order valence-corrected chi connectivity index (χ3v) is 5.43. The van der Waals surface area contributed by atoms with Crippen LogP contribution in [0.4, 0.5) is 5.69 Å². The van der Waals surface area contributed by atoms with Crippen molar-refractivity contribution in [2.75, 3.05) is 31.7 Å². The molecule has 0 bridgehead atoms. The molecule has 186 valence electrons. The Balaban J connectivity index is 1.55. The summed E-state index contributed by atoms with van der Waals surface area (Å²) in [5.74, 6) is -1.25. The second kappa shape index (κ2) is 13.4. The van der Waals surface area contributed by atoms with Gasteiger partial charge in [-0.05, 0) is 65.5 Å². The lowest BCUT2D eigenvalue weighted by atomic mass is 10.2. The van der Waals surface area contributed by atoms with Crippen molar-refractivity contribution >= 4 is 45.6 Å². The predicted molar refractivity (Wildman–Crippen MR) is 134 cm³/mol. The van der Waals surface area contributed by atoms with E-state index in [4.69, 9.17) is 14.2 Å². The number of nitrogens with one attached hydrogen (secondary N) is 3. The summed E-state index contributed by atoms with van der Waals surface area (Å²) in [6.07, 6.45) is 3.11. The number of anilines is 1. The molecule has 1 atom stereocenters. The van der Waals surface area contributed by atoms with E-state index in [1.807, 2.05) is 25.1 Å². The summed E-state index contributed by atoms with van der Waals surface area (Å²) in [5, 5.41) is 9.11. The normalized spacial score (nSPS) is 15.0. The summed E-state index contributed by atoms with van der Waals surface area (Å²) in [6.45, 7) is 2.90. The van der Waals surface area contributed by atoms with Crippen LogP contribution in [-0.2, 0) is 19.1 Å². The average Bonchev–Trinajstić information content (AvgIpc) is 3.36. The fraction of sp³-hybridized carbons (Fsp3) is 0.333. The fourth-order valence-corrected chi connectivity index (χ4v) is 3.80. The zero-order chi connectivity index (χ0) is 25.0. The summed E-state index contributed by atoms with van der Waals surface area (Å²) in [6, 6.07) is 12.4. The Kier molecular flexibility index (Phi) is 10.1. The molecule has 1 aliphatic rings. The van der Waals surface area contributed by atoms with Crippen LogP contribution in [0.5, 0.6) is 11.5 Å². The van der Waals surface area contributed by atoms with Crippen molar-refractivity contribution in [2.24, 2.45) is 5.10 Å². The Bertz CT molecular complexity index is 1060. The quantitative estimate of drug-likeness (QED) is 0.239. The molecule has 0 spiro atoms. The van der Waals surface area contributed by atoms with E-state index in [1.54, 1.807) is 24.3 Å². The van der Waals surface area contributed by atoms with Gasteiger partial charge in [0.15, 0.2) is 18.1 Å². The van der Waals surface area contributed by atoms with E-state index in [0.717, 1.165) is 12.8 Å². The zero-order valence-corrected chi connectivity index (χ0v) is 20.8. The van der Waals surface area contributed by atoms with E-state index in [9.17, 15) is 14.4 Å². The molecule has 3 N–H and O–H groups in total. The summed E-state index contributed by atoms with van der Waals surface area (Å²) >= 11 is 3.42. The van der Waals surface area contributed by atoms with Gasteiger partial charge in [-0.25, -0.2) is 5.43 Å². The SMILES string of the molecule is CCOc1cc(/C=N\NC(=O)C(=O)NC[C@H]2CCCO2)cc(Br)c1OCC(=O)Nc1ccccc1. The molecule has 1 aliphatic heterocycles. The molecule has 3 rings (SSSR count). The molecule has 1 heterocycles. The second-order valence-corrected chi connectivity index (χ2v) is 8.36. The first-order valence-corrected chi connectivity index (χ1v) is 11.9. The van der Waals surface area contributed by atoms with Crippen molar-refractivity contribution in [1.82, 2.24) is 10.7 Å². The molecule has 35 heavy (non-hydrogen) atoms. The van der Waals surface area contributed by atoms with Crippen LogP contribution >= 0.6 is 15.9 Å². The lowest BCUT2D eigenvalue weighted by Crippen LogP contribution is -2.41. The number of rotatable bonds is 10. The highest BCUT2D eigenvalue weighted by Gasteiger charge is 2.19. The molecule has 10 nitrogen and oxygen atoms in total. The number of ether oxygens (including phenoxy) is 3. The van der Waals surface area contributed by atoms with Gasteiger partial charge in [-0.2, -0.15) is 5.10 Å². The van der Waals surface area contributed by atoms with Gasteiger partial charge in [0.1, 0.15) is 0 Å². The molecule has 0 unspecified atom stereocenters. The van der Waals surface area contributed by atoms with Gasteiger partial charge >= 0.3 is 11.8 Å². The number of carbonyl (C=O) groups excluding carboxylic acids is 3. The minimum Gasteiger partial charge on any atom is -0.490 e. The summed E-state index contributed by atoms with van der Waals surface area (Å²) in [4.78, 5) is 36.1. The number of carbonyl (C=O) groups is 3. The number of hydrogen-bond acceptors (Lipinski definition) is 7. The van der Waals surface area contributed by atoms with E-state index in [1.165, 1.54) is 6.21 Å². The average molecular weight is 547 g/mol. The molecule has 3 amide bonds. The smallest absolute Gasteiger partial charge is 0.329 e. The van der Waals surface area contributed by atoms with Crippen molar-refractivity contribution in [3.8, 4) is 11.5 Å². The van der Waals surface area contributed by atoms with Crippen molar-refractivity contribution in [2.45, 2.75) is 25.9 Å². The van der Waals surface area contributed by atoms with Gasteiger partial charge in [0.05, 0.1) is 23.4 Å². The molecule has 0 aromatic heterocycles. The van der Waals surface area contributed by atoms with E-state index in [-0.39, 0.29) is 25.2 Å². The van der Waals surface area contributed by atoms with Crippen LogP contribution in [0.2, 0.25) is 0 Å². The number of hydrogen-bond donors (Lipinski definition) is 3. The summed E-state index contributed by atoms with van der Waals surface area (Å²) in [7, 11) is 0. The maximum absolute atomic E-state index is 12.2. The maximum Gasteiger partial charge on any atom is 0.329 e. The molecule has 2 aromatic carbocycles. The van der Waals surface area contributed by atoms with Crippen molar-refractivity contribution in [3.63, 3.8) is 0 Å². The van der Waals surface area contributed by atoms with Crippen LogP contribution < -0.4 is 25.5 Å². The van der Waals surface area contributed by atoms with Crippen LogP contribution in [0.1, 0.15) is 25.3 Å². The van der Waals surface area contributed by atoms with Crippen LogP contribution in [-0.4, -0.2) is 56.4 Å². The fourth-order valence-electron chi connectivity index (χ4n) is 3.23. The first-order chi connectivity index (χ1) is 17.0. The summed E-state index contributed by atoms with van der Waals surface area (Å²) < 4.78 is 17.3. The first kappa shape index (κ1) is 26.2. The Hall–Kier alpha value is -3.44. The van der Waals surface area contributed by atoms with Gasteiger partial charge in [0, 0.05) is 18.8 Å². The van der Waals surface area contributed by atoms with Gasteiger partial charge in [-0.1, -0.05) is 18.2 Å². The van der Waals surface area contributed by atoms with E-state index in [2.05, 4.69) is 37.1 Å². The highest BCUT2D eigenvalue weighted by atomic mass is 79.9. The molecule has 1 saturated heterocycles. The number of nitrogens with zero attached hydrogens (tertiary/aromatic N) is 1.